The molecule has 4 rings (SSSR count). The minimum Gasteiger partial charge on any atom is -0.507 e. The highest BCUT2D eigenvalue weighted by atomic mass is 35.5. The average molecular weight is 522 g/mol. The van der Waals surface area contributed by atoms with Gasteiger partial charge in [0.1, 0.15) is 23.0 Å². The molecule has 1 atom stereocenters. The van der Waals surface area contributed by atoms with Gasteiger partial charge in [-0.05, 0) is 68.3 Å². The number of benzene rings is 3. The van der Waals surface area contributed by atoms with E-state index < -0.39 is 17.7 Å². The first-order valence-electron chi connectivity index (χ1n) is 11.9. The van der Waals surface area contributed by atoms with Crippen molar-refractivity contribution in [2.75, 3.05) is 25.2 Å². The Morgan fingerprint density at radius 3 is 2.30 bits per heavy atom. The summed E-state index contributed by atoms with van der Waals surface area (Å²) in [7, 11) is 1.43. The monoisotopic (exact) mass is 521 g/mol. The predicted octanol–water partition coefficient (Wildman–Crippen LogP) is 6.08. The van der Waals surface area contributed by atoms with Crippen molar-refractivity contribution in [1.29, 1.82) is 0 Å². The fourth-order valence-corrected chi connectivity index (χ4v) is 4.83. The number of anilines is 1. The Balaban J connectivity index is 1.96. The molecule has 0 aromatic heterocycles. The molecule has 0 spiro atoms. The maximum absolute atomic E-state index is 13.5. The number of hydrogen-bond donors (Lipinski definition) is 1. The molecule has 1 saturated heterocycles. The van der Waals surface area contributed by atoms with Crippen LogP contribution >= 0.6 is 11.6 Å². The number of carbonyl (C=O) groups is 2. The van der Waals surface area contributed by atoms with E-state index in [0.717, 1.165) is 5.56 Å². The molecule has 1 fully saturated rings. The quantitative estimate of drug-likeness (QED) is 0.220. The van der Waals surface area contributed by atoms with Gasteiger partial charge in [-0.2, -0.15) is 0 Å². The number of ketones is 1. The molecule has 7 nitrogen and oxygen atoms in total. The molecule has 1 aliphatic heterocycles. The third kappa shape index (κ3) is 5.00. The van der Waals surface area contributed by atoms with Crippen LogP contribution in [0.1, 0.15) is 36.6 Å². The van der Waals surface area contributed by atoms with Crippen molar-refractivity contribution >= 4 is 34.7 Å². The van der Waals surface area contributed by atoms with E-state index >= 15 is 0 Å². The standard InChI is InChI=1S/C29H28ClNO6/c1-5-36-20-12-10-18(11-13-20)25-24(26(32)22-14-17(3)15-23(30)28(22)35-4)27(33)29(34)31(25)19-8-7-9-21(16-19)37-6-2/h7-16,25,32H,5-6H2,1-4H3/b26-24+. The van der Waals surface area contributed by atoms with Gasteiger partial charge in [0.25, 0.3) is 11.7 Å². The van der Waals surface area contributed by atoms with Crippen molar-refractivity contribution in [2.24, 2.45) is 0 Å². The van der Waals surface area contributed by atoms with Crippen LogP contribution in [0, 0.1) is 6.92 Å². The maximum atomic E-state index is 13.5. The smallest absolute Gasteiger partial charge is 0.300 e. The van der Waals surface area contributed by atoms with E-state index in [1.54, 1.807) is 60.7 Å². The topological polar surface area (TPSA) is 85.3 Å². The summed E-state index contributed by atoms with van der Waals surface area (Å²) >= 11 is 6.37. The SMILES string of the molecule is CCOc1ccc(C2/C(=C(\O)c3cc(C)cc(Cl)c3OC)C(=O)C(=O)N2c2cccc(OCC)c2)cc1. The summed E-state index contributed by atoms with van der Waals surface area (Å²) in [5.74, 6) is -0.555. The van der Waals surface area contributed by atoms with E-state index in [4.69, 9.17) is 25.8 Å². The van der Waals surface area contributed by atoms with Crippen LogP contribution in [0.3, 0.4) is 0 Å². The lowest BCUT2D eigenvalue weighted by Crippen LogP contribution is -2.29. The lowest BCUT2D eigenvalue weighted by Gasteiger charge is -2.26. The van der Waals surface area contributed by atoms with Gasteiger partial charge in [-0.1, -0.05) is 29.8 Å². The van der Waals surface area contributed by atoms with Gasteiger partial charge >= 0.3 is 0 Å². The Morgan fingerprint density at radius 1 is 0.973 bits per heavy atom. The number of hydrogen-bond acceptors (Lipinski definition) is 6. The fourth-order valence-electron chi connectivity index (χ4n) is 4.47. The number of ether oxygens (including phenoxy) is 3. The number of aliphatic hydroxyl groups is 1. The van der Waals surface area contributed by atoms with E-state index in [2.05, 4.69) is 0 Å². The highest BCUT2D eigenvalue weighted by Crippen LogP contribution is 2.45. The second-order valence-electron chi connectivity index (χ2n) is 8.43. The average Bonchev–Trinajstić information content (AvgIpc) is 3.14. The van der Waals surface area contributed by atoms with Gasteiger partial charge < -0.3 is 19.3 Å². The predicted molar refractivity (Wildman–Crippen MR) is 143 cm³/mol. The van der Waals surface area contributed by atoms with Crippen LogP contribution in [-0.4, -0.2) is 37.1 Å². The van der Waals surface area contributed by atoms with Crippen molar-refractivity contribution < 1.29 is 28.9 Å². The first kappa shape index (κ1) is 26.1. The van der Waals surface area contributed by atoms with Crippen molar-refractivity contribution in [1.82, 2.24) is 0 Å². The van der Waals surface area contributed by atoms with Crippen molar-refractivity contribution in [3.05, 3.63) is 87.9 Å². The minimum absolute atomic E-state index is 0.0732. The molecule has 3 aromatic rings. The molecular weight excluding hydrogens is 494 g/mol. The normalized spacial score (nSPS) is 16.7. The number of Topliss-reactive ketones (excluding diaryl/α,β-unsaturated/α-hetero) is 1. The molecule has 1 heterocycles. The summed E-state index contributed by atoms with van der Waals surface area (Å²) < 4.78 is 16.6. The summed E-state index contributed by atoms with van der Waals surface area (Å²) in [4.78, 5) is 28.3. The van der Waals surface area contributed by atoms with Crippen LogP contribution in [0.25, 0.3) is 5.76 Å². The molecule has 0 saturated carbocycles. The van der Waals surface area contributed by atoms with Gasteiger partial charge in [0.2, 0.25) is 0 Å². The van der Waals surface area contributed by atoms with Crippen LogP contribution in [0.4, 0.5) is 5.69 Å². The van der Waals surface area contributed by atoms with E-state index in [-0.39, 0.29) is 27.7 Å². The second kappa shape index (κ2) is 11.0. The Hall–Kier alpha value is -3.97. The summed E-state index contributed by atoms with van der Waals surface area (Å²) in [6.07, 6.45) is 0. The molecule has 8 heteroatoms. The number of halogens is 1. The molecule has 0 bridgehead atoms. The molecule has 37 heavy (non-hydrogen) atoms. The highest BCUT2D eigenvalue weighted by Gasteiger charge is 2.47. The number of carbonyl (C=O) groups excluding carboxylic acids is 2. The highest BCUT2D eigenvalue weighted by molar-refractivity contribution is 6.51. The molecule has 1 aliphatic rings. The Labute approximate surface area is 220 Å². The summed E-state index contributed by atoms with van der Waals surface area (Å²) in [5.41, 5.74) is 1.98. The van der Waals surface area contributed by atoms with Crippen molar-refractivity contribution in [3.63, 3.8) is 0 Å². The zero-order valence-electron chi connectivity index (χ0n) is 21.1. The molecule has 0 aliphatic carbocycles. The number of nitrogens with zero attached hydrogens (tertiary/aromatic N) is 1. The molecule has 0 radical (unpaired) electrons. The summed E-state index contributed by atoms with van der Waals surface area (Å²) in [6, 6.07) is 16.4. The molecule has 192 valence electrons. The largest absolute Gasteiger partial charge is 0.507 e. The number of methoxy groups -OCH3 is 1. The van der Waals surface area contributed by atoms with Gasteiger partial charge in [-0.3, -0.25) is 14.5 Å². The van der Waals surface area contributed by atoms with Crippen LogP contribution in [0.2, 0.25) is 5.02 Å². The fraction of sp³-hybridized carbons (Fsp3) is 0.241. The first-order valence-corrected chi connectivity index (χ1v) is 12.3. The third-order valence-corrected chi connectivity index (χ3v) is 6.29. The van der Waals surface area contributed by atoms with Crippen molar-refractivity contribution in [3.8, 4) is 17.2 Å². The number of aryl methyl sites for hydroxylation is 1. The Morgan fingerprint density at radius 2 is 1.65 bits per heavy atom. The third-order valence-electron chi connectivity index (χ3n) is 6.01. The van der Waals surface area contributed by atoms with Gasteiger partial charge in [0.05, 0.1) is 42.5 Å². The van der Waals surface area contributed by atoms with Gasteiger partial charge in [0.15, 0.2) is 0 Å². The van der Waals surface area contributed by atoms with Crippen LogP contribution in [0.15, 0.2) is 66.2 Å². The van der Waals surface area contributed by atoms with Crippen LogP contribution in [-0.2, 0) is 9.59 Å². The number of aliphatic hydroxyl groups excluding tert-OH is 1. The lowest BCUT2D eigenvalue weighted by molar-refractivity contribution is -0.132. The summed E-state index contributed by atoms with van der Waals surface area (Å²) in [5, 5.41) is 11.8. The molecule has 3 aromatic carbocycles. The van der Waals surface area contributed by atoms with Crippen molar-refractivity contribution in [2.45, 2.75) is 26.8 Å². The van der Waals surface area contributed by atoms with Crippen LogP contribution < -0.4 is 19.1 Å². The number of rotatable bonds is 8. The summed E-state index contributed by atoms with van der Waals surface area (Å²) in [6.45, 7) is 6.49. The van der Waals surface area contributed by atoms with E-state index in [0.29, 0.717) is 36.0 Å². The zero-order valence-corrected chi connectivity index (χ0v) is 21.8. The molecule has 1 amide bonds. The van der Waals surface area contributed by atoms with E-state index in [1.165, 1.54) is 12.0 Å². The lowest BCUT2D eigenvalue weighted by atomic mass is 9.94. The van der Waals surface area contributed by atoms with Gasteiger partial charge in [-0.25, -0.2) is 0 Å². The van der Waals surface area contributed by atoms with Crippen LogP contribution in [0.5, 0.6) is 17.2 Å². The van der Waals surface area contributed by atoms with Gasteiger partial charge in [-0.15, -0.1) is 0 Å². The Kier molecular flexibility index (Phi) is 7.74. The van der Waals surface area contributed by atoms with Gasteiger partial charge in [0, 0.05) is 11.8 Å². The molecule has 1 unspecified atom stereocenters. The molecular formula is C29H28ClNO6. The van der Waals surface area contributed by atoms with E-state index in [9.17, 15) is 14.7 Å². The molecule has 1 N–H and O–H groups in total. The first-order chi connectivity index (χ1) is 17.8. The van der Waals surface area contributed by atoms with E-state index in [1.807, 2.05) is 20.8 Å². The number of amides is 1. The second-order valence-corrected chi connectivity index (χ2v) is 8.84. The maximum Gasteiger partial charge on any atom is 0.300 e. The minimum atomic E-state index is -0.920. The Bertz CT molecular complexity index is 1370. The zero-order chi connectivity index (χ0) is 26.7.